The van der Waals surface area contributed by atoms with Crippen LogP contribution in [0.1, 0.15) is 5.56 Å². The first-order valence-electron chi connectivity index (χ1n) is 5.95. The van der Waals surface area contributed by atoms with Gasteiger partial charge in [-0.15, -0.1) is 0 Å². The maximum Gasteiger partial charge on any atom is 0.297 e. The lowest BCUT2D eigenvalue weighted by Gasteiger charge is -2.17. The molecule has 0 bridgehead atoms. The number of nitrogens with two attached hydrogens (primary N) is 1. The number of hydrogen-bond acceptors (Lipinski definition) is 5. The van der Waals surface area contributed by atoms with Crippen LogP contribution in [0.25, 0.3) is 0 Å². The maximum absolute atomic E-state index is 11.0. The van der Waals surface area contributed by atoms with E-state index in [1.54, 1.807) is 36.4 Å². The summed E-state index contributed by atoms with van der Waals surface area (Å²) in [7, 11) is 1.20. The standard InChI is InChI=1S/C13H13ClN3O3P/c1-19-11-5-2-4-10(17(15)21-18)9(11)8-20-13-7-3-6-12(14)16-13/h2-7H,8,15H2,1H3. The number of aromatic nitrogens is 1. The smallest absolute Gasteiger partial charge is 0.297 e. The van der Waals surface area contributed by atoms with E-state index in [0.29, 0.717) is 28.0 Å². The quantitative estimate of drug-likeness (QED) is 0.380. The van der Waals surface area contributed by atoms with Crippen LogP contribution < -0.4 is 20.1 Å². The van der Waals surface area contributed by atoms with E-state index < -0.39 is 0 Å². The monoisotopic (exact) mass is 325 g/mol. The van der Waals surface area contributed by atoms with E-state index in [1.165, 1.54) is 7.11 Å². The summed E-state index contributed by atoms with van der Waals surface area (Å²) in [5, 5.41) is 0.339. The zero-order chi connectivity index (χ0) is 15.2. The maximum atomic E-state index is 11.0. The number of hydrogen-bond donors (Lipinski definition) is 1. The Morgan fingerprint density at radius 2 is 2.10 bits per heavy atom. The number of pyridine rings is 1. The van der Waals surface area contributed by atoms with Gasteiger partial charge in [-0.05, 0) is 18.2 Å². The van der Waals surface area contributed by atoms with Crippen molar-refractivity contribution in [3.05, 3.63) is 47.1 Å². The van der Waals surface area contributed by atoms with Crippen molar-refractivity contribution in [1.29, 1.82) is 0 Å². The van der Waals surface area contributed by atoms with Crippen LogP contribution in [0.3, 0.4) is 0 Å². The summed E-state index contributed by atoms with van der Waals surface area (Å²) in [5.41, 5.74) is 1.20. The second-order valence-electron chi connectivity index (χ2n) is 3.97. The van der Waals surface area contributed by atoms with Gasteiger partial charge in [0.05, 0.1) is 18.4 Å². The lowest BCUT2D eigenvalue weighted by atomic mass is 10.1. The van der Waals surface area contributed by atoms with E-state index in [0.717, 1.165) is 4.78 Å². The van der Waals surface area contributed by atoms with Gasteiger partial charge in [-0.25, -0.2) is 20.2 Å². The highest BCUT2D eigenvalue weighted by atomic mass is 35.5. The van der Waals surface area contributed by atoms with E-state index in [9.17, 15) is 4.57 Å². The topological polar surface area (TPSA) is 77.7 Å². The Morgan fingerprint density at radius 3 is 2.76 bits per heavy atom. The Balaban J connectivity index is 2.27. The molecular weight excluding hydrogens is 313 g/mol. The molecule has 2 N–H and O–H groups in total. The first-order valence-corrected chi connectivity index (χ1v) is 7.09. The predicted octanol–water partition coefficient (Wildman–Crippen LogP) is 3.21. The van der Waals surface area contributed by atoms with Gasteiger partial charge in [0.2, 0.25) is 5.88 Å². The molecule has 0 spiro atoms. The SMILES string of the molecule is COc1cccc(N(N)P=O)c1COc1cccc(Cl)n1. The second kappa shape index (κ2) is 7.22. The van der Waals surface area contributed by atoms with Gasteiger partial charge in [0, 0.05) is 6.07 Å². The Hall–Kier alpha value is -1.88. The van der Waals surface area contributed by atoms with Gasteiger partial charge < -0.3 is 9.47 Å². The highest BCUT2D eigenvalue weighted by Gasteiger charge is 2.14. The van der Waals surface area contributed by atoms with Crippen LogP contribution in [0.15, 0.2) is 36.4 Å². The van der Waals surface area contributed by atoms with Crippen molar-refractivity contribution in [3.63, 3.8) is 0 Å². The van der Waals surface area contributed by atoms with Crippen molar-refractivity contribution in [2.45, 2.75) is 6.61 Å². The average molecular weight is 326 g/mol. The molecule has 0 aliphatic rings. The zero-order valence-electron chi connectivity index (χ0n) is 11.2. The van der Waals surface area contributed by atoms with Crippen molar-refractivity contribution in [2.75, 3.05) is 11.9 Å². The normalized spacial score (nSPS) is 10.4. The van der Waals surface area contributed by atoms with Gasteiger partial charge in [-0.2, -0.15) is 0 Å². The number of rotatable bonds is 6. The number of hydrazine groups is 1. The van der Waals surface area contributed by atoms with E-state index in [1.807, 2.05) is 0 Å². The Labute approximate surface area is 128 Å². The Bertz CT molecular complexity index is 642. The summed E-state index contributed by atoms with van der Waals surface area (Å²) in [6.07, 6.45) is 0. The summed E-state index contributed by atoms with van der Waals surface area (Å²) in [6, 6.07) is 10.3. The third-order valence-electron chi connectivity index (χ3n) is 2.72. The molecule has 1 aromatic carbocycles. The van der Waals surface area contributed by atoms with E-state index in [2.05, 4.69) is 4.98 Å². The molecule has 0 fully saturated rings. The van der Waals surface area contributed by atoms with Crippen LogP contribution in [0, 0.1) is 0 Å². The molecule has 8 heteroatoms. The van der Waals surface area contributed by atoms with Gasteiger partial charge in [-0.1, -0.05) is 23.7 Å². The van der Waals surface area contributed by atoms with E-state index >= 15 is 0 Å². The molecule has 1 heterocycles. The summed E-state index contributed by atoms with van der Waals surface area (Å²) in [6.45, 7) is 0.149. The first kappa shape index (κ1) is 15.5. The molecular formula is C13H13ClN3O3P. The summed E-state index contributed by atoms with van der Waals surface area (Å²) >= 11 is 5.80. The summed E-state index contributed by atoms with van der Waals surface area (Å²) < 4.78 is 22.9. The van der Waals surface area contributed by atoms with Crippen LogP contribution in [0.5, 0.6) is 11.6 Å². The van der Waals surface area contributed by atoms with Crippen molar-refractivity contribution in [1.82, 2.24) is 4.98 Å². The number of ether oxygens (including phenoxy) is 2. The average Bonchev–Trinajstić information content (AvgIpc) is 2.51. The highest BCUT2D eigenvalue weighted by molar-refractivity contribution is 7.25. The Morgan fingerprint density at radius 1 is 1.33 bits per heavy atom. The summed E-state index contributed by atoms with van der Waals surface area (Å²) in [4.78, 5) is 4.03. The molecule has 0 aliphatic carbocycles. The van der Waals surface area contributed by atoms with Gasteiger partial charge in [0.25, 0.3) is 8.61 Å². The fourth-order valence-corrected chi connectivity index (χ4v) is 2.20. The van der Waals surface area contributed by atoms with Crippen LogP contribution in [-0.4, -0.2) is 12.1 Å². The van der Waals surface area contributed by atoms with Gasteiger partial charge in [0.15, 0.2) is 0 Å². The number of nitrogens with zero attached hydrogens (tertiary/aromatic N) is 2. The molecule has 1 aromatic heterocycles. The van der Waals surface area contributed by atoms with Gasteiger partial charge in [-0.3, -0.25) is 0 Å². The molecule has 0 amide bonds. The molecule has 0 atom stereocenters. The third-order valence-corrected chi connectivity index (χ3v) is 3.32. The predicted molar refractivity (Wildman–Crippen MR) is 80.8 cm³/mol. The fourth-order valence-electron chi connectivity index (χ4n) is 1.77. The molecule has 0 unspecified atom stereocenters. The molecule has 6 nitrogen and oxygen atoms in total. The van der Waals surface area contributed by atoms with Crippen molar-refractivity contribution in [3.8, 4) is 11.6 Å². The third kappa shape index (κ3) is 3.82. The van der Waals surface area contributed by atoms with E-state index in [4.69, 9.17) is 26.9 Å². The molecule has 21 heavy (non-hydrogen) atoms. The summed E-state index contributed by atoms with van der Waals surface area (Å²) in [5.74, 6) is 6.63. The fraction of sp³-hybridized carbons (Fsp3) is 0.154. The number of halogens is 1. The lowest BCUT2D eigenvalue weighted by Crippen LogP contribution is -2.21. The second-order valence-corrected chi connectivity index (χ2v) is 4.95. The molecule has 2 aromatic rings. The minimum atomic E-state index is -0.333. The van der Waals surface area contributed by atoms with Gasteiger partial charge in [0.1, 0.15) is 17.5 Å². The van der Waals surface area contributed by atoms with Crippen LogP contribution in [0.4, 0.5) is 5.69 Å². The van der Waals surface area contributed by atoms with Crippen molar-refractivity contribution >= 4 is 25.9 Å². The number of methoxy groups -OCH3 is 1. The number of benzene rings is 1. The minimum Gasteiger partial charge on any atom is -0.496 e. The Kier molecular flexibility index (Phi) is 5.33. The zero-order valence-corrected chi connectivity index (χ0v) is 12.8. The first-order chi connectivity index (χ1) is 10.2. The van der Waals surface area contributed by atoms with Crippen LogP contribution in [0.2, 0.25) is 5.15 Å². The van der Waals surface area contributed by atoms with Crippen molar-refractivity contribution < 1.29 is 14.0 Å². The van der Waals surface area contributed by atoms with Gasteiger partial charge >= 0.3 is 0 Å². The molecule has 0 radical (unpaired) electrons. The van der Waals surface area contributed by atoms with Crippen molar-refractivity contribution in [2.24, 2.45) is 5.84 Å². The number of anilines is 1. The van der Waals surface area contributed by atoms with Crippen LogP contribution in [-0.2, 0) is 11.2 Å². The lowest BCUT2D eigenvalue weighted by molar-refractivity contribution is 0.286. The molecule has 0 aliphatic heterocycles. The molecule has 110 valence electrons. The molecule has 0 saturated heterocycles. The van der Waals surface area contributed by atoms with Crippen LogP contribution >= 0.6 is 20.2 Å². The molecule has 2 rings (SSSR count). The van der Waals surface area contributed by atoms with E-state index in [-0.39, 0.29) is 15.2 Å². The largest absolute Gasteiger partial charge is 0.496 e. The minimum absolute atomic E-state index is 0.149. The highest BCUT2D eigenvalue weighted by Crippen LogP contribution is 2.31. The molecule has 0 saturated carbocycles.